The molecule has 1 amide bonds. The first-order valence-electron chi connectivity index (χ1n) is 10.5. The van der Waals surface area contributed by atoms with Gasteiger partial charge in [-0.05, 0) is 36.6 Å². The smallest absolute Gasteiger partial charge is 0.251 e. The molecule has 1 radical (unpaired) electrons. The molecule has 12 heteroatoms. The third-order valence-corrected chi connectivity index (χ3v) is 6.19. The van der Waals surface area contributed by atoms with E-state index in [1.165, 1.54) is 6.07 Å². The highest BCUT2D eigenvalue weighted by molar-refractivity contribution is 7.89. The Balaban J connectivity index is 2.13. The van der Waals surface area contributed by atoms with E-state index in [1.54, 1.807) is 42.3 Å². The molecule has 0 unspecified atom stereocenters. The SMILES string of the molecule is CC(C)C[CH]NC(=O)[C@H](CCCNC(=N)N[N+](=O)[O-])NS(=O)(=O)c1cccc2ccccc12. The van der Waals surface area contributed by atoms with E-state index in [9.17, 15) is 23.3 Å². The lowest BCUT2D eigenvalue weighted by Crippen LogP contribution is -2.46. The Hall–Kier alpha value is -3.25. The van der Waals surface area contributed by atoms with Crippen molar-refractivity contribution in [1.29, 1.82) is 5.41 Å². The third kappa shape index (κ3) is 8.31. The topological polar surface area (TPSA) is 166 Å². The molecule has 0 fully saturated rings. The highest BCUT2D eigenvalue weighted by atomic mass is 32.2. The summed E-state index contributed by atoms with van der Waals surface area (Å²) in [5, 5.41) is 23.3. The zero-order valence-electron chi connectivity index (χ0n) is 18.5. The number of amides is 1. The summed E-state index contributed by atoms with van der Waals surface area (Å²) in [5.41, 5.74) is 1.67. The van der Waals surface area contributed by atoms with Crippen LogP contribution < -0.4 is 20.8 Å². The van der Waals surface area contributed by atoms with Crippen LogP contribution >= 0.6 is 0 Å². The number of hydrogen-bond donors (Lipinski definition) is 5. The summed E-state index contributed by atoms with van der Waals surface area (Å²) in [5.74, 6) is -0.680. The fourth-order valence-electron chi connectivity index (χ4n) is 3.07. The average molecular weight is 478 g/mol. The Morgan fingerprint density at radius 1 is 1.18 bits per heavy atom. The number of carbonyl (C=O) groups is 1. The Kier molecular flexibility index (Phi) is 9.55. The molecule has 0 aliphatic rings. The molecule has 0 saturated heterocycles. The zero-order valence-corrected chi connectivity index (χ0v) is 19.3. The number of rotatable bonds is 12. The summed E-state index contributed by atoms with van der Waals surface area (Å²) >= 11 is 0. The van der Waals surface area contributed by atoms with Crippen LogP contribution in [0.15, 0.2) is 47.4 Å². The van der Waals surface area contributed by atoms with E-state index in [1.807, 2.05) is 19.9 Å². The Morgan fingerprint density at radius 2 is 1.88 bits per heavy atom. The van der Waals surface area contributed by atoms with Crippen molar-refractivity contribution in [3.8, 4) is 0 Å². The number of nitro groups is 1. The van der Waals surface area contributed by atoms with Crippen molar-refractivity contribution in [2.75, 3.05) is 6.54 Å². The minimum atomic E-state index is -4.03. The van der Waals surface area contributed by atoms with E-state index in [4.69, 9.17) is 5.41 Å². The van der Waals surface area contributed by atoms with Crippen molar-refractivity contribution in [1.82, 2.24) is 20.8 Å². The highest BCUT2D eigenvalue weighted by Gasteiger charge is 2.26. The van der Waals surface area contributed by atoms with Crippen LogP contribution in [0.5, 0.6) is 0 Å². The molecule has 11 nitrogen and oxygen atoms in total. The molecular weight excluding hydrogens is 448 g/mol. The molecule has 179 valence electrons. The van der Waals surface area contributed by atoms with Crippen LogP contribution in [-0.4, -0.2) is 37.9 Å². The number of sulfonamides is 1. The Morgan fingerprint density at radius 3 is 2.58 bits per heavy atom. The predicted octanol–water partition coefficient (Wildman–Crippen LogP) is 1.90. The molecule has 33 heavy (non-hydrogen) atoms. The van der Waals surface area contributed by atoms with E-state index in [2.05, 4.69) is 15.4 Å². The summed E-state index contributed by atoms with van der Waals surface area (Å²) in [4.78, 5) is 23.2. The van der Waals surface area contributed by atoms with Gasteiger partial charge in [-0.15, -0.1) is 0 Å². The minimum absolute atomic E-state index is 0.0691. The van der Waals surface area contributed by atoms with Crippen molar-refractivity contribution in [2.45, 2.75) is 44.0 Å². The largest absolute Gasteiger partial charge is 0.352 e. The number of carbonyl (C=O) groups excluding carboxylic acids is 1. The van der Waals surface area contributed by atoms with Gasteiger partial charge in [-0.2, -0.15) is 4.72 Å². The van der Waals surface area contributed by atoms with Crippen molar-refractivity contribution in [3.05, 3.63) is 59.1 Å². The van der Waals surface area contributed by atoms with Gasteiger partial charge in [0.15, 0.2) is 5.03 Å². The molecule has 0 saturated carbocycles. The van der Waals surface area contributed by atoms with Gasteiger partial charge in [-0.1, -0.05) is 55.7 Å². The summed E-state index contributed by atoms with van der Waals surface area (Å²) in [6, 6.07) is 10.9. The quantitative estimate of drug-likeness (QED) is 0.102. The van der Waals surface area contributed by atoms with Crippen molar-refractivity contribution in [3.63, 3.8) is 0 Å². The number of nitrogens with zero attached hydrogens (tertiary/aromatic N) is 1. The van der Waals surface area contributed by atoms with E-state index < -0.39 is 33.0 Å². The first-order valence-corrected chi connectivity index (χ1v) is 11.9. The summed E-state index contributed by atoms with van der Waals surface area (Å²) < 4.78 is 28.8. The van der Waals surface area contributed by atoms with Crippen LogP contribution in [0.25, 0.3) is 10.8 Å². The minimum Gasteiger partial charge on any atom is -0.352 e. The summed E-state index contributed by atoms with van der Waals surface area (Å²) in [6.07, 6.45) is 1.02. The predicted molar refractivity (Wildman–Crippen MR) is 125 cm³/mol. The van der Waals surface area contributed by atoms with Crippen LogP contribution in [0, 0.1) is 28.0 Å². The fraction of sp³-hybridized carbons (Fsp3) is 0.381. The molecule has 5 N–H and O–H groups in total. The molecule has 1 atom stereocenters. The number of hydrazine groups is 1. The van der Waals surface area contributed by atoms with Gasteiger partial charge in [-0.3, -0.25) is 10.2 Å². The van der Waals surface area contributed by atoms with Gasteiger partial charge in [0.25, 0.3) is 5.96 Å². The lowest BCUT2D eigenvalue weighted by Gasteiger charge is -2.19. The zero-order chi connectivity index (χ0) is 24.4. The lowest BCUT2D eigenvalue weighted by molar-refractivity contribution is -0.525. The van der Waals surface area contributed by atoms with Crippen LogP contribution in [0.3, 0.4) is 0 Å². The first kappa shape index (κ1) is 26.0. The monoisotopic (exact) mass is 477 g/mol. The maximum absolute atomic E-state index is 13.2. The lowest BCUT2D eigenvalue weighted by atomic mass is 10.1. The maximum Gasteiger partial charge on any atom is 0.251 e. The molecule has 0 aromatic heterocycles. The van der Waals surface area contributed by atoms with Gasteiger partial charge in [0.05, 0.1) is 4.90 Å². The molecule has 2 aromatic carbocycles. The molecule has 0 bridgehead atoms. The fourth-order valence-corrected chi connectivity index (χ4v) is 4.53. The average Bonchev–Trinajstić information content (AvgIpc) is 2.74. The van der Waals surface area contributed by atoms with Crippen LogP contribution in [0.4, 0.5) is 0 Å². The molecule has 0 aliphatic carbocycles. The number of guanidine groups is 1. The van der Waals surface area contributed by atoms with Crippen molar-refractivity contribution >= 4 is 32.7 Å². The second kappa shape index (κ2) is 12.1. The number of hydrogen-bond acceptors (Lipinski definition) is 6. The number of nitrogens with one attached hydrogen (secondary N) is 5. The van der Waals surface area contributed by atoms with Gasteiger partial charge in [0.1, 0.15) is 6.04 Å². The Bertz CT molecular complexity index is 1080. The van der Waals surface area contributed by atoms with Gasteiger partial charge < -0.3 is 10.6 Å². The van der Waals surface area contributed by atoms with Crippen LogP contribution in [-0.2, 0) is 14.8 Å². The molecular formula is C21H29N6O5S. The van der Waals surface area contributed by atoms with E-state index in [-0.39, 0.29) is 24.3 Å². The molecule has 2 rings (SSSR count). The number of benzene rings is 2. The number of fused-ring (bicyclic) bond motifs is 1. The van der Waals surface area contributed by atoms with Gasteiger partial charge in [-0.25, -0.2) is 18.5 Å². The molecule has 0 spiro atoms. The highest BCUT2D eigenvalue weighted by Crippen LogP contribution is 2.23. The standard InChI is InChI=1S/C21H29N6O5S/c1-15(2)12-14-23-20(28)18(10-6-13-24-21(22)25-27(29)30)26-33(31,32)19-11-5-8-16-7-3-4-9-17(16)19/h3-5,7-9,11,14-15,18,26H,6,10,12-13H2,1-2H3,(H,23,28)(H3,22,24,25)/t18-/m0/s1. The van der Waals surface area contributed by atoms with E-state index in [0.717, 1.165) is 5.39 Å². The second-order valence-electron chi connectivity index (χ2n) is 7.81. The van der Waals surface area contributed by atoms with Crippen LogP contribution in [0.2, 0.25) is 0 Å². The Labute approximate surface area is 193 Å². The molecule has 0 aliphatic heterocycles. The van der Waals surface area contributed by atoms with E-state index in [0.29, 0.717) is 17.7 Å². The van der Waals surface area contributed by atoms with Gasteiger partial charge >= 0.3 is 0 Å². The molecule has 0 heterocycles. The maximum atomic E-state index is 13.2. The van der Waals surface area contributed by atoms with Crippen molar-refractivity contribution < 1.29 is 18.2 Å². The van der Waals surface area contributed by atoms with Gasteiger partial charge in [0, 0.05) is 18.5 Å². The summed E-state index contributed by atoms with van der Waals surface area (Å²) in [7, 11) is -4.03. The first-order chi connectivity index (χ1) is 15.6. The van der Waals surface area contributed by atoms with E-state index >= 15 is 0 Å². The second-order valence-corrected chi connectivity index (χ2v) is 9.49. The van der Waals surface area contributed by atoms with Crippen LogP contribution in [0.1, 0.15) is 33.1 Å². The third-order valence-electron chi connectivity index (χ3n) is 4.66. The normalized spacial score (nSPS) is 12.3. The summed E-state index contributed by atoms with van der Waals surface area (Å²) in [6.45, 7) is 5.71. The van der Waals surface area contributed by atoms with Gasteiger partial charge in [0.2, 0.25) is 15.9 Å². The van der Waals surface area contributed by atoms with Crippen molar-refractivity contribution in [2.24, 2.45) is 5.92 Å². The molecule has 2 aromatic rings.